The van der Waals surface area contributed by atoms with E-state index < -0.39 is 0 Å². The fourth-order valence-electron chi connectivity index (χ4n) is 0.893. The molecule has 0 aliphatic rings. The summed E-state index contributed by atoms with van der Waals surface area (Å²) in [5.74, 6) is 1.16. The first-order valence-electron chi connectivity index (χ1n) is 4.34. The number of unbranched alkanes of at least 4 members (excludes halogenated alkanes) is 2. The molecule has 1 aromatic rings. The van der Waals surface area contributed by atoms with Crippen LogP contribution in [0.4, 0.5) is 0 Å². The van der Waals surface area contributed by atoms with Gasteiger partial charge in [-0.1, -0.05) is 19.8 Å². The van der Waals surface area contributed by atoms with Crippen LogP contribution < -0.4 is 0 Å². The van der Waals surface area contributed by atoms with Crippen molar-refractivity contribution in [1.82, 2.24) is 10.2 Å². The van der Waals surface area contributed by atoms with Gasteiger partial charge >= 0.3 is 0 Å². The van der Waals surface area contributed by atoms with Crippen molar-refractivity contribution in [2.24, 2.45) is 0 Å². The molecule has 1 aromatic heterocycles. The molecule has 0 N–H and O–H groups in total. The van der Waals surface area contributed by atoms with Crippen LogP contribution in [0, 0.1) is 0 Å². The molecule has 0 aliphatic carbocycles. The molecule has 66 valence electrons. The van der Waals surface area contributed by atoms with Crippen molar-refractivity contribution in [2.75, 3.05) is 5.75 Å². The summed E-state index contributed by atoms with van der Waals surface area (Å²) in [6.45, 7) is 2.22. The van der Waals surface area contributed by atoms with Gasteiger partial charge in [-0.2, -0.15) is 5.10 Å². The van der Waals surface area contributed by atoms with Gasteiger partial charge in [-0.3, -0.25) is 0 Å². The minimum atomic E-state index is 1.04. The van der Waals surface area contributed by atoms with Crippen LogP contribution >= 0.6 is 11.8 Å². The van der Waals surface area contributed by atoms with Crippen molar-refractivity contribution < 1.29 is 0 Å². The summed E-state index contributed by atoms with van der Waals surface area (Å²) in [6, 6.07) is 3.93. The number of thioether (sulfide) groups is 1. The van der Waals surface area contributed by atoms with Gasteiger partial charge in [0, 0.05) is 6.20 Å². The van der Waals surface area contributed by atoms with E-state index in [0.717, 1.165) is 10.8 Å². The van der Waals surface area contributed by atoms with E-state index in [1.807, 2.05) is 12.1 Å². The van der Waals surface area contributed by atoms with Crippen molar-refractivity contribution in [3.05, 3.63) is 18.3 Å². The first kappa shape index (κ1) is 9.52. The lowest BCUT2D eigenvalue weighted by Gasteiger charge is -1.97. The molecule has 0 saturated carbocycles. The first-order chi connectivity index (χ1) is 5.93. The third-order valence-electron chi connectivity index (χ3n) is 1.55. The van der Waals surface area contributed by atoms with Gasteiger partial charge in [0.25, 0.3) is 0 Å². The summed E-state index contributed by atoms with van der Waals surface area (Å²) in [7, 11) is 0. The molecule has 0 spiro atoms. The lowest BCUT2D eigenvalue weighted by Crippen LogP contribution is -1.84. The Labute approximate surface area is 77.8 Å². The number of nitrogens with zero attached hydrogens (tertiary/aromatic N) is 2. The molecule has 3 heteroatoms. The second kappa shape index (κ2) is 6.00. The highest BCUT2D eigenvalue weighted by Crippen LogP contribution is 2.15. The molecule has 12 heavy (non-hydrogen) atoms. The predicted octanol–water partition coefficient (Wildman–Crippen LogP) is 2.76. The monoisotopic (exact) mass is 182 g/mol. The molecule has 0 saturated heterocycles. The van der Waals surface area contributed by atoms with Gasteiger partial charge in [-0.15, -0.1) is 16.9 Å². The quantitative estimate of drug-likeness (QED) is 0.517. The summed E-state index contributed by atoms with van der Waals surface area (Å²) in [5.41, 5.74) is 0. The molecule has 0 bridgehead atoms. The van der Waals surface area contributed by atoms with E-state index in [1.54, 1.807) is 18.0 Å². The average molecular weight is 182 g/mol. The van der Waals surface area contributed by atoms with Crippen LogP contribution in [0.3, 0.4) is 0 Å². The molecule has 2 nitrogen and oxygen atoms in total. The molecule has 1 rings (SSSR count). The zero-order valence-corrected chi connectivity index (χ0v) is 8.18. The molecular weight excluding hydrogens is 168 g/mol. The maximum absolute atomic E-state index is 3.99. The van der Waals surface area contributed by atoms with Crippen molar-refractivity contribution in [3.8, 4) is 0 Å². The highest BCUT2D eigenvalue weighted by atomic mass is 32.2. The third-order valence-corrected chi connectivity index (χ3v) is 2.55. The lowest BCUT2D eigenvalue weighted by atomic mass is 10.3. The van der Waals surface area contributed by atoms with Crippen LogP contribution in [0.2, 0.25) is 0 Å². The Kier molecular flexibility index (Phi) is 4.76. The number of hydrogen-bond donors (Lipinski definition) is 0. The predicted molar refractivity (Wildman–Crippen MR) is 52.3 cm³/mol. The molecule has 0 radical (unpaired) electrons. The van der Waals surface area contributed by atoms with Crippen molar-refractivity contribution in [1.29, 1.82) is 0 Å². The highest BCUT2D eigenvalue weighted by molar-refractivity contribution is 7.99. The highest BCUT2D eigenvalue weighted by Gasteiger charge is 1.93. The molecule has 0 amide bonds. The van der Waals surface area contributed by atoms with Crippen molar-refractivity contribution >= 4 is 11.8 Å². The Morgan fingerprint density at radius 3 is 3.00 bits per heavy atom. The van der Waals surface area contributed by atoms with E-state index in [-0.39, 0.29) is 0 Å². The molecule has 1 heterocycles. The summed E-state index contributed by atoms with van der Waals surface area (Å²) in [6.07, 6.45) is 5.57. The number of aromatic nitrogens is 2. The van der Waals surface area contributed by atoms with E-state index in [2.05, 4.69) is 17.1 Å². The smallest absolute Gasteiger partial charge is 0.119 e. The normalized spacial score (nSPS) is 10.1. The summed E-state index contributed by atoms with van der Waals surface area (Å²) in [5, 5.41) is 8.84. The maximum atomic E-state index is 3.99. The van der Waals surface area contributed by atoms with E-state index in [0.29, 0.717) is 0 Å². The first-order valence-corrected chi connectivity index (χ1v) is 5.32. The van der Waals surface area contributed by atoms with Crippen molar-refractivity contribution in [2.45, 2.75) is 31.2 Å². The Balaban J connectivity index is 2.16. The molecule has 0 aromatic carbocycles. The Hall–Kier alpha value is -0.570. The Morgan fingerprint density at radius 1 is 1.42 bits per heavy atom. The van der Waals surface area contributed by atoms with Crippen LogP contribution in [0.15, 0.2) is 23.4 Å². The zero-order valence-electron chi connectivity index (χ0n) is 7.36. The third kappa shape index (κ3) is 3.72. The molecule has 0 fully saturated rings. The van der Waals surface area contributed by atoms with Gasteiger partial charge in [-0.25, -0.2) is 0 Å². The van der Waals surface area contributed by atoms with Crippen LogP contribution in [0.5, 0.6) is 0 Å². The minimum Gasteiger partial charge on any atom is -0.158 e. The lowest BCUT2D eigenvalue weighted by molar-refractivity contribution is 0.777. The van der Waals surface area contributed by atoms with Gasteiger partial charge < -0.3 is 0 Å². The standard InChI is InChI=1S/C9H14N2S/c1-2-3-4-8-12-9-6-5-7-10-11-9/h5-7H,2-4,8H2,1H3. The summed E-state index contributed by atoms with van der Waals surface area (Å²) in [4.78, 5) is 0. The van der Waals surface area contributed by atoms with Gasteiger partial charge in [0.2, 0.25) is 0 Å². The van der Waals surface area contributed by atoms with Crippen LogP contribution in [0.25, 0.3) is 0 Å². The average Bonchev–Trinajstić information content (AvgIpc) is 2.14. The molecular formula is C9H14N2S. The van der Waals surface area contributed by atoms with Gasteiger partial charge in [0.15, 0.2) is 0 Å². The van der Waals surface area contributed by atoms with Gasteiger partial charge in [0.1, 0.15) is 5.03 Å². The molecule has 0 aliphatic heterocycles. The SMILES string of the molecule is CCCCCSc1cccnn1. The minimum absolute atomic E-state index is 1.04. The van der Waals surface area contributed by atoms with Gasteiger partial charge in [-0.05, 0) is 24.3 Å². The van der Waals surface area contributed by atoms with E-state index in [4.69, 9.17) is 0 Å². The Bertz CT molecular complexity index is 201. The molecule has 0 unspecified atom stereocenters. The Morgan fingerprint density at radius 2 is 2.33 bits per heavy atom. The zero-order chi connectivity index (χ0) is 8.65. The second-order valence-corrected chi connectivity index (χ2v) is 3.73. The van der Waals surface area contributed by atoms with Crippen LogP contribution in [0.1, 0.15) is 26.2 Å². The van der Waals surface area contributed by atoms with E-state index >= 15 is 0 Å². The summed E-state index contributed by atoms with van der Waals surface area (Å²) >= 11 is 1.79. The van der Waals surface area contributed by atoms with Crippen LogP contribution in [-0.4, -0.2) is 16.0 Å². The molecule has 0 atom stereocenters. The fraction of sp³-hybridized carbons (Fsp3) is 0.556. The van der Waals surface area contributed by atoms with Crippen molar-refractivity contribution in [3.63, 3.8) is 0 Å². The fourth-order valence-corrected chi connectivity index (χ4v) is 1.73. The van der Waals surface area contributed by atoms with E-state index in [1.165, 1.54) is 19.3 Å². The van der Waals surface area contributed by atoms with Gasteiger partial charge in [0.05, 0.1) is 0 Å². The topological polar surface area (TPSA) is 25.8 Å². The van der Waals surface area contributed by atoms with Crippen LogP contribution in [-0.2, 0) is 0 Å². The second-order valence-electron chi connectivity index (χ2n) is 2.62. The summed E-state index contributed by atoms with van der Waals surface area (Å²) < 4.78 is 0. The van der Waals surface area contributed by atoms with E-state index in [9.17, 15) is 0 Å². The maximum Gasteiger partial charge on any atom is 0.119 e. The largest absolute Gasteiger partial charge is 0.158 e. The number of rotatable bonds is 5. The number of hydrogen-bond acceptors (Lipinski definition) is 3.